The van der Waals surface area contributed by atoms with Crippen LogP contribution in [0.25, 0.3) is 0 Å². The average molecular weight is 269 g/mol. The lowest BCUT2D eigenvalue weighted by Crippen LogP contribution is -2.38. The summed E-state index contributed by atoms with van der Waals surface area (Å²) in [7, 11) is 0. The predicted octanol–water partition coefficient (Wildman–Crippen LogP) is 1.38. The fourth-order valence-corrected chi connectivity index (χ4v) is 3.07. The number of aliphatic hydroxyl groups excluding tert-OH is 1. The second-order valence-corrected chi connectivity index (χ2v) is 5.51. The van der Waals surface area contributed by atoms with Gasteiger partial charge in [0.15, 0.2) is 0 Å². The van der Waals surface area contributed by atoms with Crippen LogP contribution < -0.4 is 5.32 Å². The average Bonchev–Trinajstić information content (AvgIpc) is 2.98. The van der Waals surface area contributed by atoms with E-state index in [2.05, 4.69) is 21.8 Å². The summed E-state index contributed by atoms with van der Waals surface area (Å²) < 4.78 is 3.86. The molecule has 0 aromatic carbocycles. The molecule has 0 saturated heterocycles. The minimum absolute atomic E-state index is 0.0844. The Kier molecular flexibility index (Phi) is 4.66. The molecule has 2 rings (SSSR count). The van der Waals surface area contributed by atoms with Crippen molar-refractivity contribution in [2.24, 2.45) is 5.92 Å². The highest BCUT2D eigenvalue weighted by atomic mass is 32.1. The fourth-order valence-electron chi connectivity index (χ4n) is 2.46. The van der Waals surface area contributed by atoms with Crippen LogP contribution in [0.4, 0.5) is 0 Å². The Labute approximate surface area is 111 Å². The normalized spacial score (nSPS) is 23.2. The van der Waals surface area contributed by atoms with E-state index in [0.29, 0.717) is 4.88 Å². The second kappa shape index (κ2) is 6.24. The number of nitrogens with zero attached hydrogens (tertiary/aromatic N) is 2. The highest BCUT2D eigenvalue weighted by Gasteiger charge is 2.29. The van der Waals surface area contributed by atoms with Gasteiger partial charge in [-0.25, -0.2) is 0 Å². The number of hydrogen-bond acceptors (Lipinski definition) is 5. The molecule has 5 nitrogen and oxygen atoms in total. The first-order valence-corrected chi connectivity index (χ1v) is 7.26. The van der Waals surface area contributed by atoms with Crippen molar-refractivity contribution >= 4 is 17.4 Å². The van der Waals surface area contributed by atoms with Gasteiger partial charge in [0, 0.05) is 18.6 Å². The van der Waals surface area contributed by atoms with E-state index >= 15 is 0 Å². The summed E-state index contributed by atoms with van der Waals surface area (Å²) >= 11 is 1.15. The topological polar surface area (TPSA) is 75.1 Å². The van der Waals surface area contributed by atoms with Crippen molar-refractivity contribution < 1.29 is 9.90 Å². The van der Waals surface area contributed by atoms with E-state index in [-0.39, 0.29) is 24.5 Å². The van der Waals surface area contributed by atoms with Gasteiger partial charge in [-0.05, 0) is 30.8 Å². The van der Waals surface area contributed by atoms with Crippen LogP contribution >= 0.6 is 11.5 Å². The fraction of sp³-hybridized carbons (Fsp3) is 0.750. The molecule has 2 unspecified atom stereocenters. The van der Waals surface area contributed by atoms with E-state index in [0.717, 1.165) is 49.3 Å². The number of hydrogen-bond donors (Lipinski definition) is 2. The molecule has 0 bridgehead atoms. The van der Waals surface area contributed by atoms with Gasteiger partial charge in [0.05, 0.1) is 5.69 Å². The minimum atomic E-state index is -0.0844. The maximum absolute atomic E-state index is 12.2. The van der Waals surface area contributed by atoms with Gasteiger partial charge in [-0.2, -0.15) is 0 Å². The second-order valence-electron chi connectivity index (χ2n) is 4.75. The summed E-state index contributed by atoms with van der Waals surface area (Å²) in [6.45, 7) is 2.20. The molecule has 1 heterocycles. The number of aromatic nitrogens is 2. The number of carbonyl (C=O) groups is 1. The Hall–Kier alpha value is -1.01. The maximum Gasteiger partial charge on any atom is 0.265 e. The third-order valence-electron chi connectivity index (χ3n) is 3.46. The highest BCUT2D eigenvalue weighted by Crippen LogP contribution is 2.25. The van der Waals surface area contributed by atoms with Crippen molar-refractivity contribution in [1.82, 2.24) is 14.9 Å². The molecule has 1 fully saturated rings. The van der Waals surface area contributed by atoms with Crippen molar-refractivity contribution in [2.45, 2.75) is 45.1 Å². The summed E-state index contributed by atoms with van der Waals surface area (Å²) in [5.41, 5.74) is 0.790. The zero-order chi connectivity index (χ0) is 13.0. The molecule has 0 aliphatic heterocycles. The molecule has 2 atom stereocenters. The third kappa shape index (κ3) is 2.87. The SMILES string of the molecule is CCCc1nnsc1C(=O)NC1CCCC1CO. The minimum Gasteiger partial charge on any atom is -0.396 e. The third-order valence-corrected chi connectivity index (χ3v) is 4.23. The van der Waals surface area contributed by atoms with Gasteiger partial charge in [0.25, 0.3) is 5.91 Å². The van der Waals surface area contributed by atoms with Crippen LogP contribution in [0.2, 0.25) is 0 Å². The first kappa shape index (κ1) is 13.4. The number of aliphatic hydroxyl groups is 1. The Bertz CT molecular complexity index is 408. The van der Waals surface area contributed by atoms with Gasteiger partial charge in [-0.15, -0.1) is 5.10 Å². The van der Waals surface area contributed by atoms with Crippen LogP contribution in [0.5, 0.6) is 0 Å². The Morgan fingerprint density at radius 2 is 2.39 bits per heavy atom. The van der Waals surface area contributed by atoms with Crippen molar-refractivity contribution in [1.29, 1.82) is 0 Å². The van der Waals surface area contributed by atoms with Crippen LogP contribution in [0.1, 0.15) is 48.0 Å². The molecule has 0 radical (unpaired) electrons. The molecule has 1 amide bonds. The number of aryl methyl sites for hydroxylation is 1. The summed E-state index contributed by atoms with van der Waals surface area (Å²) in [5, 5.41) is 16.3. The van der Waals surface area contributed by atoms with Crippen LogP contribution in [0, 0.1) is 5.92 Å². The number of amides is 1. The van der Waals surface area contributed by atoms with Gasteiger partial charge < -0.3 is 10.4 Å². The molecular weight excluding hydrogens is 250 g/mol. The molecule has 1 aromatic heterocycles. The van der Waals surface area contributed by atoms with Crippen LogP contribution in [-0.2, 0) is 6.42 Å². The molecule has 1 aliphatic rings. The lowest BCUT2D eigenvalue weighted by Gasteiger charge is -2.18. The van der Waals surface area contributed by atoms with Gasteiger partial charge >= 0.3 is 0 Å². The van der Waals surface area contributed by atoms with Crippen LogP contribution in [0.3, 0.4) is 0 Å². The van der Waals surface area contributed by atoms with Crippen molar-refractivity contribution in [2.75, 3.05) is 6.61 Å². The summed E-state index contributed by atoms with van der Waals surface area (Å²) in [6.07, 6.45) is 4.75. The Balaban J connectivity index is 2.00. The van der Waals surface area contributed by atoms with Crippen molar-refractivity contribution in [3.05, 3.63) is 10.6 Å². The van der Waals surface area contributed by atoms with Crippen LogP contribution in [0.15, 0.2) is 0 Å². The quantitative estimate of drug-likeness (QED) is 0.847. The van der Waals surface area contributed by atoms with Gasteiger partial charge in [-0.3, -0.25) is 4.79 Å². The lowest BCUT2D eigenvalue weighted by atomic mass is 10.1. The van der Waals surface area contributed by atoms with Gasteiger partial charge in [0.1, 0.15) is 4.88 Å². The molecule has 1 aliphatic carbocycles. The molecule has 0 spiro atoms. The smallest absolute Gasteiger partial charge is 0.265 e. The first-order valence-electron chi connectivity index (χ1n) is 6.49. The largest absolute Gasteiger partial charge is 0.396 e. The van der Waals surface area contributed by atoms with Crippen molar-refractivity contribution in [3.63, 3.8) is 0 Å². The monoisotopic (exact) mass is 269 g/mol. The van der Waals surface area contributed by atoms with E-state index in [1.165, 1.54) is 0 Å². The van der Waals surface area contributed by atoms with Gasteiger partial charge in [-0.1, -0.05) is 24.3 Å². The number of carbonyl (C=O) groups excluding carboxylic acids is 1. The van der Waals surface area contributed by atoms with E-state index in [1.54, 1.807) is 0 Å². The molecule has 18 heavy (non-hydrogen) atoms. The van der Waals surface area contributed by atoms with Crippen molar-refractivity contribution in [3.8, 4) is 0 Å². The Morgan fingerprint density at radius 3 is 3.11 bits per heavy atom. The van der Waals surface area contributed by atoms with Gasteiger partial charge in [0.2, 0.25) is 0 Å². The van der Waals surface area contributed by atoms with E-state index in [4.69, 9.17) is 0 Å². The molecule has 1 saturated carbocycles. The summed E-state index contributed by atoms with van der Waals surface area (Å²) in [6, 6.07) is 0.0964. The zero-order valence-corrected chi connectivity index (χ0v) is 11.4. The maximum atomic E-state index is 12.2. The van der Waals surface area contributed by atoms with E-state index in [1.807, 2.05) is 0 Å². The standard InChI is InChI=1S/C12H19N3O2S/c1-2-4-10-11(18-15-14-10)12(17)13-9-6-3-5-8(9)7-16/h8-9,16H,2-7H2,1H3,(H,13,17). The number of rotatable bonds is 5. The summed E-state index contributed by atoms with van der Waals surface area (Å²) in [4.78, 5) is 12.8. The predicted molar refractivity (Wildman–Crippen MR) is 69.6 cm³/mol. The molecule has 6 heteroatoms. The van der Waals surface area contributed by atoms with Crippen LogP contribution in [-0.4, -0.2) is 33.2 Å². The molecule has 2 N–H and O–H groups in total. The zero-order valence-electron chi connectivity index (χ0n) is 10.6. The van der Waals surface area contributed by atoms with E-state index < -0.39 is 0 Å². The lowest BCUT2D eigenvalue weighted by molar-refractivity contribution is 0.0919. The molecule has 1 aromatic rings. The highest BCUT2D eigenvalue weighted by molar-refractivity contribution is 7.08. The Morgan fingerprint density at radius 1 is 1.56 bits per heavy atom. The van der Waals surface area contributed by atoms with E-state index in [9.17, 15) is 9.90 Å². The first-order chi connectivity index (χ1) is 8.76. The number of nitrogens with one attached hydrogen (secondary N) is 1. The molecule has 100 valence electrons. The molecular formula is C12H19N3O2S. The summed E-state index contributed by atoms with van der Waals surface area (Å²) in [5.74, 6) is 0.114.